The summed E-state index contributed by atoms with van der Waals surface area (Å²) in [5, 5.41) is 12.7. The molecule has 30 heavy (non-hydrogen) atoms. The Balaban J connectivity index is 1.64. The Hall–Kier alpha value is -1.96. The van der Waals surface area contributed by atoms with Crippen LogP contribution in [-0.2, 0) is 17.6 Å². The molecule has 1 unspecified atom stereocenters. The number of thioether (sulfide) groups is 2. The lowest BCUT2D eigenvalue weighted by atomic mass is 10.2. The van der Waals surface area contributed by atoms with Gasteiger partial charge in [0.05, 0.1) is 11.0 Å². The monoisotopic (exact) mass is 460 g/mol. The fourth-order valence-corrected chi connectivity index (χ4v) is 4.73. The minimum absolute atomic E-state index is 0.0635. The Kier molecular flexibility index (Phi) is 7.86. The van der Waals surface area contributed by atoms with Crippen molar-refractivity contribution in [3.05, 3.63) is 64.4 Å². The van der Waals surface area contributed by atoms with Crippen molar-refractivity contribution in [1.82, 2.24) is 14.8 Å². The molecular weight excluding hydrogens is 436 g/mol. The molecule has 158 valence electrons. The van der Waals surface area contributed by atoms with Gasteiger partial charge in [0.15, 0.2) is 5.16 Å². The molecule has 0 aliphatic heterocycles. The molecule has 0 aliphatic rings. The highest BCUT2D eigenvalue weighted by molar-refractivity contribution is 8.00. The molecule has 0 radical (unpaired) electrons. The molecule has 0 aliphatic carbocycles. The zero-order valence-corrected chi connectivity index (χ0v) is 19.9. The summed E-state index contributed by atoms with van der Waals surface area (Å²) in [5.74, 6) is 1.54. The number of amides is 1. The van der Waals surface area contributed by atoms with E-state index in [1.807, 2.05) is 37.6 Å². The van der Waals surface area contributed by atoms with Crippen molar-refractivity contribution in [2.24, 2.45) is 7.05 Å². The van der Waals surface area contributed by atoms with E-state index in [9.17, 15) is 4.79 Å². The van der Waals surface area contributed by atoms with E-state index in [0.717, 1.165) is 28.0 Å². The first-order chi connectivity index (χ1) is 14.4. The molecular formula is C22H25ClN4OS2. The Labute approximate surface area is 191 Å². The van der Waals surface area contributed by atoms with Gasteiger partial charge >= 0.3 is 0 Å². The van der Waals surface area contributed by atoms with E-state index < -0.39 is 0 Å². The molecule has 0 spiro atoms. The first kappa shape index (κ1) is 22.7. The number of nitrogens with one attached hydrogen (secondary N) is 1. The fraction of sp³-hybridized carbons (Fsp3) is 0.318. The molecule has 2 aromatic carbocycles. The zero-order valence-electron chi connectivity index (χ0n) is 17.5. The molecule has 0 saturated carbocycles. The minimum Gasteiger partial charge on any atom is -0.325 e. The van der Waals surface area contributed by atoms with Gasteiger partial charge in [0.2, 0.25) is 5.91 Å². The Morgan fingerprint density at radius 3 is 2.60 bits per heavy atom. The summed E-state index contributed by atoms with van der Waals surface area (Å²) in [7, 11) is 1.94. The summed E-state index contributed by atoms with van der Waals surface area (Å²) in [6, 6.07) is 13.9. The fourth-order valence-electron chi connectivity index (χ4n) is 2.75. The average Bonchev–Trinajstić information content (AvgIpc) is 3.07. The molecule has 5 nitrogen and oxygen atoms in total. The Morgan fingerprint density at radius 1 is 1.17 bits per heavy atom. The maximum atomic E-state index is 12.8. The molecule has 0 saturated heterocycles. The predicted octanol–water partition coefficient (Wildman–Crippen LogP) is 5.89. The molecule has 0 fully saturated rings. The SMILES string of the molecule is CCC(Sc1nnc(CSc2ccc(C)cc2)n1C)C(=O)Nc1cc(Cl)ccc1C. The second kappa shape index (κ2) is 10.4. The molecule has 3 aromatic rings. The van der Waals surface area contributed by atoms with Crippen LogP contribution in [-0.4, -0.2) is 25.9 Å². The number of halogens is 1. The Morgan fingerprint density at radius 2 is 1.90 bits per heavy atom. The van der Waals surface area contributed by atoms with Gasteiger partial charge in [-0.15, -0.1) is 22.0 Å². The summed E-state index contributed by atoms with van der Waals surface area (Å²) in [5.41, 5.74) is 2.95. The number of hydrogen-bond donors (Lipinski definition) is 1. The zero-order chi connectivity index (χ0) is 21.7. The van der Waals surface area contributed by atoms with Crippen LogP contribution in [0.3, 0.4) is 0 Å². The van der Waals surface area contributed by atoms with Crippen LogP contribution >= 0.6 is 35.1 Å². The van der Waals surface area contributed by atoms with Gasteiger partial charge < -0.3 is 9.88 Å². The number of carbonyl (C=O) groups is 1. The summed E-state index contributed by atoms with van der Waals surface area (Å²) >= 11 is 9.22. The van der Waals surface area contributed by atoms with Crippen molar-refractivity contribution in [2.45, 2.75) is 48.2 Å². The van der Waals surface area contributed by atoms with Crippen LogP contribution in [0.1, 0.15) is 30.3 Å². The van der Waals surface area contributed by atoms with Crippen molar-refractivity contribution in [3.63, 3.8) is 0 Å². The number of nitrogens with zero attached hydrogens (tertiary/aromatic N) is 3. The normalized spacial score (nSPS) is 12.0. The predicted molar refractivity (Wildman–Crippen MR) is 126 cm³/mol. The molecule has 1 aromatic heterocycles. The molecule has 1 N–H and O–H groups in total. The highest BCUT2D eigenvalue weighted by atomic mass is 35.5. The van der Waals surface area contributed by atoms with Gasteiger partial charge in [-0.3, -0.25) is 4.79 Å². The summed E-state index contributed by atoms with van der Waals surface area (Å²) in [6.45, 7) is 6.02. The third kappa shape index (κ3) is 5.80. The lowest BCUT2D eigenvalue weighted by Gasteiger charge is -2.15. The smallest absolute Gasteiger partial charge is 0.237 e. The van der Waals surface area contributed by atoms with Gasteiger partial charge in [0.25, 0.3) is 0 Å². The van der Waals surface area contributed by atoms with E-state index in [1.54, 1.807) is 17.8 Å². The second-order valence-electron chi connectivity index (χ2n) is 7.02. The van der Waals surface area contributed by atoms with Crippen LogP contribution in [0.5, 0.6) is 0 Å². The van der Waals surface area contributed by atoms with E-state index in [0.29, 0.717) is 11.4 Å². The number of carbonyl (C=O) groups excluding carboxylic acids is 1. The van der Waals surface area contributed by atoms with Crippen LogP contribution in [0.4, 0.5) is 5.69 Å². The minimum atomic E-state index is -0.274. The molecule has 8 heteroatoms. The Bertz CT molecular complexity index is 1020. The van der Waals surface area contributed by atoms with Gasteiger partial charge in [-0.25, -0.2) is 0 Å². The quantitative estimate of drug-likeness (QED) is 0.425. The van der Waals surface area contributed by atoms with Gasteiger partial charge in [0.1, 0.15) is 5.82 Å². The highest BCUT2D eigenvalue weighted by Crippen LogP contribution is 2.28. The van der Waals surface area contributed by atoms with Gasteiger partial charge in [-0.05, 0) is 50.1 Å². The number of aryl methyl sites for hydroxylation is 2. The van der Waals surface area contributed by atoms with Crippen molar-refractivity contribution in [2.75, 3.05) is 5.32 Å². The van der Waals surface area contributed by atoms with E-state index in [4.69, 9.17) is 11.6 Å². The van der Waals surface area contributed by atoms with Gasteiger partial charge in [-0.1, -0.05) is 54.0 Å². The van der Waals surface area contributed by atoms with E-state index in [-0.39, 0.29) is 11.2 Å². The van der Waals surface area contributed by atoms with Gasteiger partial charge in [-0.2, -0.15) is 0 Å². The first-order valence-electron chi connectivity index (χ1n) is 9.68. The van der Waals surface area contributed by atoms with Crippen LogP contribution < -0.4 is 5.32 Å². The topological polar surface area (TPSA) is 59.8 Å². The first-order valence-corrected chi connectivity index (χ1v) is 11.9. The molecule has 1 atom stereocenters. The van der Waals surface area contributed by atoms with E-state index in [1.165, 1.54) is 22.2 Å². The van der Waals surface area contributed by atoms with Crippen molar-refractivity contribution < 1.29 is 4.79 Å². The number of benzene rings is 2. The summed E-state index contributed by atoms with van der Waals surface area (Å²) < 4.78 is 1.96. The van der Waals surface area contributed by atoms with Crippen LogP contribution in [0, 0.1) is 13.8 Å². The molecule has 1 amide bonds. The average molecular weight is 461 g/mol. The molecule has 1 heterocycles. The number of rotatable bonds is 8. The van der Waals surface area contributed by atoms with Crippen molar-refractivity contribution in [3.8, 4) is 0 Å². The van der Waals surface area contributed by atoms with Crippen molar-refractivity contribution >= 4 is 46.7 Å². The van der Waals surface area contributed by atoms with Crippen molar-refractivity contribution in [1.29, 1.82) is 0 Å². The third-order valence-electron chi connectivity index (χ3n) is 4.68. The van der Waals surface area contributed by atoms with Crippen LogP contribution in [0.25, 0.3) is 0 Å². The maximum Gasteiger partial charge on any atom is 0.237 e. The second-order valence-corrected chi connectivity index (χ2v) is 9.68. The number of hydrogen-bond acceptors (Lipinski definition) is 5. The standard InChI is InChI=1S/C22H25ClN4OS2/c1-5-19(21(28)24-18-12-16(23)9-8-15(18)3)30-22-26-25-20(27(22)4)13-29-17-10-6-14(2)7-11-17/h6-12,19H,5,13H2,1-4H3,(H,24,28). The molecule has 3 rings (SSSR count). The van der Waals surface area contributed by atoms with Gasteiger partial charge in [0, 0.05) is 22.7 Å². The lowest BCUT2D eigenvalue weighted by molar-refractivity contribution is -0.115. The number of anilines is 1. The van der Waals surface area contributed by atoms with Crippen LogP contribution in [0.15, 0.2) is 52.5 Å². The summed E-state index contributed by atoms with van der Waals surface area (Å²) in [4.78, 5) is 14.0. The van der Waals surface area contributed by atoms with E-state index >= 15 is 0 Å². The third-order valence-corrected chi connectivity index (χ3v) is 7.32. The number of aromatic nitrogens is 3. The largest absolute Gasteiger partial charge is 0.325 e. The maximum absolute atomic E-state index is 12.8. The van der Waals surface area contributed by atoms with E-state index in [2.05, 4.69) is 46.7 Å². The lowest BCUT2D eigenvalue weighted by Crippen LogP contribution is -2.25. The highest BCUT2D eigenvalue weighted by Gasteiger charge is 2.22. The summed E-state index contributed by atoms with van der Waals surface area (Å²) in [6.07, 6.45) is 0.677. The van der Waals surface area contributed by atoms with Crippen LogP contribution in [0.2, 0.25) is 5.02 Å². The molecule has 0 bridgehead atoms.